The van der Waals surface area contributed by atoms with Gasteiger partial charge in [-0.25, -0.2) is 4.79 Å². The molecule has 0 saturated carbocycles. The van der Waals surface area contributed by atoms with Gasteiger partial charge in [0.15, 0.2) is 0 Å². The minimum Gasteiger partial charge on any atom is -0.466 e. The molecule has 0 aromatic carbocycles. The van der Waals surface area contributed by atoms with Crippen molar-refractivity contribution in [1.29, 1.82) is 0 Å². The van der Waals surface area contributed by atoms with Gasteiger partial charge in [0.25, 0.3) is 0 Å². The van der Waals surface area contributed by atoms with Gasteiger partial charge in [-0.2, -0.15) is 0 Å². The first kappa shape index (κ1) is 9.21. The lowest BCUT2D eigenvalue weighted by Gasteiger charge is -1.98. The summed E-state index contributed by atoms with van der Waals surface area (Å²) in [5.74, 6) is -0.308. The van der Waals surface area contributed by atoms with Crippen molar-refractivity contribution in [3.63, 3.8) is 0 Å². The molecule has 1 aromatic heterocycles. The van der Waals surface area contributed by atoms with Gasteiger partial charge in [-0.05, 0) is 11.6 Å². The summed E-state index contributed by atoms with van der Waals surface area (Å²) in [7, 11) is 1.37. The zero-order chi connectivity index (χ0) is 10.1. The van der Waals surface area contributed by atoms with Crippen LogP contribution < -0.4 is 0 Å². The van der Waals surface area contributed by atoms with E-state index < -0.39 is 0 Å². The smallest absolute Gasteiger partial charge is 0.334 e. The first-order chi connectivity index (χ1) is 6.72. The normalized spacial score (nSPS) is 13.4. The third kappa shape index (κ3) is 1.40. The van der Waals surface area contributed by atoms with Crippen molar-refractivity contribution in [1.82, 2.24) is 4.98 Å². The monoisotopic (exact) mass is 209 g/mol. The van der Waals surface area contributed by atoms with E-state index in [1.807, 2.05) is 0 Å². The fourth-order valence-corrected chi connectivity index (χ4v) is 1.71. The molecule has 0 bridgehead atoms. The minimum atomic E-state index is -0.308. The Hall–Kier alpha value is -1.35. The number of fused-ring (bicyclic) bond motifs is 1. The number of hydrogen-bond donors (Lipinski definition) is 0. The number of esters is 1. The summed E-state index contributed by atoms with van der Waals surface area (Å²) >= 11 is 5.92. The Bertz CT molecular complexity index is 426. The van der Waals surface area contributed by atoms with Crippen LogP contribution in [0.1, 0.15) is 11.1 Å². The number of nitrogens with zero attached hydrogens (tertiary/aromatic N) is 1. The highest BCUT2D eigenvalue weighted by atomic mass is 35.5. The SMILES string of the molecule is COC(=O)C1=Cc2c(Cl)cncc2C1. The van der Waals surface area contributed by atoms with Gasteiger partial charge in [0.1, 0.15) is 0 Å². The number of pyridine rings is 1. The highest BCUT2D eigenvalue weighted by molar-refractivity contribution is 6.32. The van der Waals surface area contributed by atoms with E-state index in [9.17, 15) is 4.79 Å². The van der Waals surface area contributed by atoms with Gasteiger partial charge < -0.3 is 4.74 Å². The Labute approximate surface area is 86.4 Å². The number of halogens is 1. The van der Waals surface area contributed by atoms with Crippen LogP contribution in [0.2, 0.25) is 5.02 Å². The van der Waals surface area contributed by atoms with Gasteiger partial charge in [0.05, 0.1) is 12.1 Å². The summed E-state index contributed by atoms with van der Waals surface area (Å²) in [4.78, 5) is 15.2. The molecule has 1 heterocycles. The molecule has 2 rings (SSSR count). The third-order valence-electron chi connectivity index (χ3n) is 2.17. The van der Waals surface area contributed by atoms with Gasteiger partial charge in [0, 0.05) is 30.0 Å². The molecule has 1 aliphatic carbocycles. The van der Waals surface area contributed by atoms with Crippen LogP contribution >= 0.6 is 11.6 Å². The van der Waals surface area contributed by atoms with E-state index in [-0.39, 0.29) is 5.97 Å². The molecule has 0 saturated heterocycles. The topological polar surface area (TPSA) is 39.2 Å². The zero-order valence-corrected chi connectivity index (χ0v) is 8.34. The van der Waals surface area contributed by atoms with Crippen LogP contribution in [0.25, 0.3) is 6.08 Å². The van der Waals surface area contributed by atoms with Crippen molar-refractivity contribution in [2.75, 3.05) is 7.11 Å². The number of methoxy groups -OCH3 is 1. The van der Waals surface area contributed by atoms with E-state index in [4.69, 9.17) is 11.6 Å². The van der Waals surface area contributed by atoms with Crippen LogP contribution in [-0.2, 0) is 16.0 Å². The number of carbonyl (C=O) groups is 1. The molecule has 72 valence electrons. The van der Waals surface area contributed by atoms with Gasteiger partial charge >= 0.3 is 5.97 Å². The maximum Gasteiger partial charge on any atom is 0.334 e. The number of carbonyl (C=O) groups excluding carboxylic acids is 1. The molecule has 0 atom stereocenters. The van der Waals surface area contributed by atoms with E-state index in [0.717, 1.165) is 11.1 Å². The van der Waals surface area contributed by atoms with Crippen molar-refractivity contribution < 1.29 is 9.53 Å². The number of ether oxygens (including phenoxy) is 1. The average Bonchev–Trinajstić information content (AvgIpc) is 2.62. The van der Waals surface area contributed by atoms with Crippen LogP contribution in [0.3, 0.4) is 0 Å². The van der Waals surface area contributed by atoms with Crippen LogP contribution in [0.4, 0.5) is 0 Å². The molecule has 1 aromatic rings. The Morgan fingerprint density at radius 2 is 2.36 bits per heavy atom. The van der Waals surface area contributed by atoms with E-state index in [2.05, 4.69) is 9.72 Å². The molecule has 0 amide bonds. The molecule has 0 spiro atoms. The molecule has 3 nitrogen and oxygen atoms in total. The molecule has 0 radical (unpaired) electrons. The molecule has 14 heavy (non-hydrogen) atoms. The average molecular weight is 210 g/mol. The maximum absolute atomic E-state index is 11.2. The van der Waals surface area contributed by atoms with Crippen LogP contribution in [-0.4, -0.2) is 18.1 Å². The molecular formula is C10H8ClNO2. The highest BCUT2D eigenvalue weighted by Gasteiger charge is 2.20. The summed E-state index contributed by atoms with van der Waals surface area (Å²) in [5.41, 5.74) is 2.47. The van der Waals surface area contributed by atoms with Gasteiger partial charge in [-0.15, -0.1) is 0 Å². The zero-order valence-electron chi connectivity index (χ0n) is 7.58. The molecule has 0 aliphatic heterocycles. The number of hydrogen-bond acceptors (Lipinski definition) is 3. The molecule has 4 heteroatoms. The van der Waals surface area contributed by atoms with Crippen LogP contribution in [0.5, 0.6) is 0 Å². The van der Waals surface area contributed by atoms with Crippen molar-refractivity contribution in [3.05, 3.63) is 34.1 Å². The Balaban J connectivity index is 2.39. The number of aromatic nitrogens is 1. The predicted molar refractivity (Wildman–Crippen MR) is 52.9 cm³/mol. The molecule has 0 fully saturated rings. The first-order valence-corrected chi connectivity index (χ1v) is 4.51. The Morgan fingerprint density at radius 3 is 3.00 bits per heavy atom. The van der Waals surface area contributed by atoms with Crippen LogP contribution in [0, 0.1) is 0 Å². The van der Waals surface area contributed by atoms with Gasteiger partial charge in [-0.3, -0.25) is 4.98 Å². The quantitative estimate of drug-likeness (QED) is 0.663. The molecule has 1 aliphatic rings. The standard InChI is InChI=1S/C10H8ClNO2/c1-14-10(13)6-2-7-4-12-5-9(11)8(7)3-6/h3-5H,2H2,1H3. The summed E-state index contributed by atoms with van der Waals surface area (Å²) in [6, 6.07) is 0. The second kappa shape index (κ2) is 3.42. The lowest BCUT2D eigenvalue weighted by molar-refractivity contribution is -0.136. The second-order valence-corrected chi connectivity index (χ2v) is 3.44. The first-order valence-electron chi connectivity index (χ1n) is 4.13. The summed E-state index contributed by atoms with van der Waals surface area (Å²) in [6.45, 7) is 0. The fraction of sp³-hybridized carbons (Fsp3) is 0.200. The Morgan fingerprint density at radius 1 is 1.57 bits per heavy atom. The second-order valence-electron chi connectivity index (χ2n) is 3.03. The van der Waals surface area contributed by atoms with Crippen molar-refractivity contribution >= 4 is 23.6 Å². The van der Waals surface area contributed by atoms with Crippen molar-refractivity contribution in [3.8, 4) is 0 Å². The third-order valence-corrected chi connectivity index (χ3v) is 2.47. The largest absolute Gasteiger partial charge is 0.466 e. The van der Waals surface area contributed by atoms with Gasteiger partial charge in [0.2, 0.25) is 0 Å². The Kier molecular flexibility index (Phi) is 2.25. The van der Waals surface area contributed by atoms with E-state index in [0.29, 0.717) is 17.0 Å². The maximum atomic E-state index is 11.2. The predicted octanol–water partition coefficient (Wildman–Crippen LogP) is 1.85. The summed E-state index contributed by atoms with van der Waals surface area (Å²) < 4.78 is 4.63. The lowest BCUT2D eigenvalue weighted by atomic mass is 10.1. The molecule has 0 N–H and O–H groups in total. The van der Waals surface area contributed by atoms with E-state index >= 15 is 0 Å². The number of rotatable bonds is 1. The van der Waals surface area contributed by atoms with Crippen LogP contribution in [0.15, 0.2) is 18.0 Å². The minimum absolute atomic E-state index is 0.308. The van der Waals surface area contributed by atoms with Crippen molar-refractivity contribution in [2.45, 2.75) is 6.42 Å². The fourth-order valence-electron chi connectivity index (χ4n) is 1.48. The molecular weight excluding hydrogens is 202 g/mol. The van der Waals surface area contributed by atoms with Gasteiger partial charge in [-0.1, -0.05) is 11.6 Å². The van der Waals surface area contributed by atoms with Crippen molar-refractivity contribution in [2.24, 2.45) is 0 Å². The van der Waals surface area contributed by atoms with E-state index in [1.165, 1.54) is 7.11 Å². The highest BCUT2D eigenvalue weighted by Crippen LogP contribution is 2.30. The summed E-state index contributed by atoms with van der Waals surface area (Å²) in [5, 5.41) is 0.571. The molecule has 0 unspecified atom stereocenters. The summed E-state index contributed by atoms with van der Waals surface area (Å²) in [6.07, 6.45) is 5.59. The lowest BCUT2D eigenvalue weighted by Crippen LogP contribution is -2.03. The van der Waals surface area contributed by atoms with E-state index in [1.54, 1.807) is 18.5 Å².